The molecular formula is C14H29FO3Si. The van der Waals surface area contributed by atoms with Gasteiger partial charge in [0, 0.05) is 6.61 Å². The predicted octanol–water partition coefficient (Wildman–Crippen LogP) is 3.01. The highest BCUT2D eigenvalue weighted by molar-refractivity contribution is 6.32. The molecule has 1 atom stereocenters. The van der Waals surface area contributed by atoms with Crippen molar-refractivity contribution in [3.05, 3.63) is 0 Å². The van der Waals surface area contributed by atoms with Crippen LogP contribution in [-0.4, -0.2) is 35.1 Å². The van der Waals surface area contributed by atoms with E-state index in [1.54, 1.807) is 6.92 Å². The Bertz CT molecular complexity index is 257. The van der Waals surface area contributed by atoms with E-state index in [0.29, 0.717) is 24.0 Å². The first kappa shape index (κ1) is 18.6. The molecule has 1 unspecified atom stereocenters. The van der Waals surface area contributed by atoms with Gasteiger partial charge >= 0.3 is 5.97 Å². The summed E-state index contributed by atoms with van der Waals surface area (Å²) in [5, 5.41) is 0.299. The first-order valence-corrected chi connectivity index (χ1v) is 8.48. The molecule has 0 aliphatic rings. The minimum Gasteiger partial charge on any atom is -0.464 e. The number of hydrogen-bond donors (Lipinski definition) is 0. The van der Waals surface area contributed by atoms with E-state index in [-0.39, 0.29) is 13.0 Å². The van der Waals surface area contributed by atoms with Crippen molar-refractivity contribution in [3.63, 3.8) is 0 Å². The first-order valence-electron chi connectivity index (χ1n) is 7.19. The maximum Gasteiger partial charge on any atom is 0.340 e. The lowest BCUT2D eigenvalue weighted by Crippen LogP contribution is -2.22. The zero-order valence-corrected chi connectivity index (χ0v) is 14.4. The van der Waals surface area contributed by atoms with E-state index < -0.39 is 21.9 Å². The maximum absolute atomic E-state index is 13.3. The summed E-state index contributed by atoms with van der Waals surface area (Å²) in [7, 11) is -0.565. The zero-order chi connectivity index (χ0) is 14.9. The fourth-order valence-electron chi connectivity index (χ4n) is 1.38. The summed E-state index contributed by atoms with van der Waals surface area (Å²) in [5.74, 6) is -0.114. The van der Waals surface area contributed by atoms with E-state index in [2.05, 4.69) is 32.4 Å². The van der Waals surface area contributed by atoms with Crippen LogP contribution in [0.5, 0.6) is 0 Å². The van der Waals surface area contributed by atoms with E-state index in [9.17, 15) is 9.18 Å². The predicted molar refractivity (Wildman–Crippen MR) is 78.8 cm³/mol. The number of rotatable bonds is 10. The molecule has 0 spiro atoms. The van der Waals surface area contributed by atoms with Gasteiger partial charge in [0.2, 0.25) is 0 Å². The Labute approximate surface area is 119 Å². The lowest BCUT2D eigenvalue weighted by Gasteiger charge is -2.28. The fraction of sp³-hybridized carbons (Fsp3) is 0.929. The number of halogens is 1. The van der Waals surface area contributed by atoms with Crippen LogP contribution in [0.15, 0.2) is 0 Å². The van der Waals surface area contributed by atoms with Crippen LogP contribution < -0.4 is 0 Å². The highest BCUT2D eigenvalue weighted by Crippen LogP contribution is 2.32. The van der Waals surface area contributed by atoms with Crippen molar-refractivity contribution in [2.75, 3.05) is 13.2 Å². The molecule has 0 aliphatic heterocycles. The van der Waals surface area contributed by atoms with Crippen LogP contribution in [0.3, 0.4) is 0 Å². The first-order chi connectivity index (χ1) is 8.81. The second-order valence-corrected chi connectivity index (χ2v) is 8.43. The molecule has 19 heavy (non-hydrogen) atoms. The summed E-state index contributed by atoms with van der Waals surface area (Å²) in [6, 6.07) is 0. The summed E-state index contributed by atoms with van der Waals surface area (Å²) in [6.45, 7) is 11.5. The summed E-state index contributed by atoms with van der Waals surface area (Å²) < 4.78 is 23.6. The molecule has 0 saturated carbocycles. The third-order valence-electron chi connectivity index (χ3n) is 3.58. The molecule has 0 amide bonds. The van der Waals surface area contributed by atoms with E-state index in [4.69, 9.17) is 4.43 Å². The maximum atomic E-state index is 13.3. The van der Waals surface area contributed by atoms with Gasteiger partial charge in [-0.15, -0.1) is 0 Å². The van der Waals surface area contributed by atoms with Gasteiger partial charge in [0.25, 0.3) is 0 Å². The minimum absolute atomic E-state index is 0.233. The average Bonchev–Trinajstić information content (AvgIpc) is 2.33. The third-order valence-corrected chi connectivity index (χ3v) is 5.63. The quantitative estimate of drug-likeness (QED) is 0.353. The molecule has 114 valence electrons. The Morgan fingerprint density at radius 3 is 2.47 bits per heavy atom. The van der Waals surface area contributed by atoms with Gasteiger partial charge in [-0.2, -0.15) is 0 Å². The molecule has 0 aromatic heterocycles. The second kappa shape index (κ2) is 9.48. The third kappa shape index (κ3) is 8.37. The summed E-state index contributed by atoms with van der Waals surface area (Å²) in [4.78, 5) is 11.0. The smallest absolute Gasteiger partial charge is 0.340 e. The Kier molecular flexibility index (Phi) is 9.26. The monoisotopic (exact) mass is 292 g/mol. The summed E-state index contributed by atoms with van der Waals surface area (Å²) >= 11 is 0. The fourth-order valence-corrected chi connectivity index (χ4v) is 2.59. The molecule has 0 rings (SSSR count). The van der Waals surface area contributed by atoms with Crippen LogP contribution in [0.25, 0.3) is 0 Å². The number of carbonyl (C=O) groups is 1. The van der Waals surface area contributed by atoms with Crippen molar-refractivity contribution in [2.24, 2.45) is 5.92 Å². The molecule has 0 saturated heterocycles. The normalized spacial score (nSPS) is 14.3. The molecule has 0 N–H and O–H groups in total. The molecule has 0 heterocycles. The van der Waals surface area contributed by atoms with Crippen LogP contribution in [-0.2, 0) is 14.0 Å². The molecule has 0 aromatic rings. The van der Waals surface area contributed by atoms with Crippen molar-refractivity contribution in [2.45, 2.75) is 65.1 Å². The van der Waals surface area contributed by atoms with Gasteiger partial charge in [0.05, 0.1) is 6.61 Å². The minimum atomic E-state index is -1.48. The van der Waals surface area contributed by atoms with Crippen molar-refractivity contribution >= 4 is 15.7 Å². The number of esters is 1. The van der Waals surface area contributed by atoms with Gasteiger partial charge in [0.15, 0.2) is 15.9 Å². The zero-order valence-electron chi connectivity index (χ0n) is 13.0. The number of hydrogen-bond acceptors (Lipinski definition) is 3. The molecule has 5 heteroatoms. The van der Waals surface area contributed by atoms with Gasteiger partial charge in [-0.25, -0.2) is 9.18 Å². The number of alkyl halides is 1. The van der Waals surface area contributed by atoms with Crippen LogP contribution in [0, 0.1) is 5.92 Å². The van der Waals surface area contributed by atoms with Gasteiger partial charge < -0.3 is 9.16 Å². The Morgan fingerprint density at radius 2 is 1.95 bits per heavy atom. The highest BCUT2D eigenvalue weighted by atomic mass is 28.2. The van der Waals surface area contributed by atoms with Crippen molar-refractivity contribution in [3.8, 4) is 0 Å². The van der Waals surface area contributed by atoms with Crippen molar-refractivity contribution < 1.29 is 18.3 Å². The average molecular weight is 292 g/mol. The van der Waals surface area contributed by atoms with Crippen molar-refractivity contribution in [1.29, 1.82) is 0 Å². The highest BCUT2D eigenvalue weighted by Gasteiger charge is 2.23. The molecular weight excluding hydrogens is 263 g/mol. The Morgan fingerprint density at radius 1 is 1.32 bits per heavy atom. The van der Waals surface area contributed by atoms with Crippen molar-refractivity contribution in [1.82, 2.24) is 0 Å². The van der Waals surface area contributed by atoms with E-state index in [0.717, 1.165) is 6.42 Å². The van der Waals surface area contributed by atoms with Gasteiger partial charge in [-0.1, -0.05) is 27.7 Å². The topological polar surface area (TPSA) is 35.5 Å². The van der Waals surface area contributed by atoms with Gasteiger partial charge in [-0.05, 0) is 37.1 Å². The van der Waals surface area contributed by atoms with E-state index in [1.165, 1.54) is 0 Å². The van der Waals surface area contributed by atoms with E-state index >= 15 is 0 Å². The van der Waals surface area contributed by atoms with Crippen LogP contribution in [0.2, 0.25) is 5.04 Å². The number of carbonyl (C=O) groups excluding carboxylic acids is 1. The van der Waals surface area contributed by atoms with Crippen LogP contribution in [0.4, 0.5) is 4.39 Å². The van der Waals surface area contributed by atoms with E-state index in [1.807, 2.05) is 0 Å². The molecule has 0 aliphatic carbocycles. The lowest BCUT2D eigenvalue weighted by atomic mass is 9.99. The SMILES string of the molecule is CCOC(=O)C(F)CCCCO[SiH2]C(C)(C)C(C)C. The van der Waals surface area contributed by atoms with Crippen LogP contribution in [0.1, 0.15) is 53.9 Å². The number of unbranched alkanes of at least 4 members (excludes halogenated alkanes) is 1. The van der Waals surface area contributed by atoms with Gasteiger partial charge in [-0.3, -0.25) is 0 Å². The largest absolute Gasteiger partial charge is 0.464 e. The molecule has 0 aromatic carbocycles. The molecule has 3 nitrogen and oxygen atoms in total. The Balaban J connectivity index is 3.58. The Hall–Kier alpha value is -0.423. The molecule has 0 radical (unpaired) electrons. The lowest BCUT2D eigenvalue weighted by molar-refractivity contribution is -0.149. The van der Waals surface area contributed by atoms with Gasteiger partial charge in [0.1, 0.15) is 0 Å². The standard InChI is InChI=1S/C14H29FO3Si/c1-6-17-13(16)12(15)9-7-8-10-18-19-14(4,5)11(2)3/h11-12H,6-10,19H2,1-5H3. The van der Waals surface area contributed by atoms with Crippen LogP contribution >= 0.6 is 0 Å². The molecule has 0 fully saturated rings. The second-order valence-electron chi connectivity index (χ2n) is 5.91. The number of ether oxygens (including phenoxy) is 1. The summed E-state index contributed by atoms with van der Waals surface area (Å²) in [5.41, 5.74) is 0. The summed E-state index contributed by atoms with van der Waals surface area (Å²) in [6.07, 6.45) is 0.221. The molecule has 0 bridgehead atoms.